The van der Waals surface area contributed by atoms with E-state index >= 15 is 0 Å². The van der Waals surface area contributed by atoms with Crippen molar-refractivity contribution < 1.29 is 9.53 Å². The minimum Gasteiger partial charge on any atom is -0.481 e. The Morgan fingerprint density at radius 2 is 2.23 bits per heavy atom. The second-order valence-electron chi connectivity index (χ2n) is 3.43. The lowest BCUT2D eigenvalue weighted by Crippen LogP contribution is -2.18. The van der Waals surface area contributed by atoms with Gasteiger partial charge in [-0.2, -0.15) is 0 Å². The number of aldehydes is 1. The summed E-state index contributed by atoms with van der Waals surface area (Å²) < 4.78 is 4.97. The molecule has 0 saturated heterocycles. The number of nitrogens with zero attached hydrogens (tertiary/aromatic N) is 1. The maximum atomic E-state index is 10.8. The molecule has 0 N–H and O–H groups in total. The van der Waals surface area contributed by atoms with Gasteiger partial charge in [0.25, 0.3) is 0 Å². The van der Waals surface area contributed by atoms with E-state index < -0.39 is 5.41 Å². The summed E-state index contributed by atoms with van der Waals surface area (Å²) in [6, 6.07) is 3.59. The van der Waals surface area contributed by atoms with Crippen LogP contribution in [0.15, 0.2) is 18.3 Å². The van der Waals surface area contributed by atoms with Gasteiger partial charge in [0.2, 0.25) is 5.88 Å². The van der Waals surface area contributed by atoms with Gasteiger partial charge in [0.15, 0.2) is 0 Å². The Balaban J connectivity index is 3.08. The Morgan fingerprint density at radius 1 is 1.54 bits per heavy atom. The van der Waals surface area contributed by atoms with Gasteiger partial charge in [0.1, 0.15) is 6.29 Å². The fraction of sp³-hybridized carbons (Fsp3) is 0.400. The van der Waals surface area contributed by atoms with Crippen molar-refractivity contribution in [2.45, 2.75) is 19.3 Å². The van der Waals surface area contributed by atoms with Crippen LogP contribution in [0.3, 0.4) is 0 Å². The van der Waals surface area contributed by atoms with Crippen molar-refractivity contribution in [3.05, 3.63) is 23.9 Å². The van der Waals surface area contributed by atoms with Crippen LogP contribution in [0.1, 0.15) is 19.4 Å². The zero-order valence-electron chi connectivity index (χ0n) is 8.07. The summed E-state index contributed by atoms with van der Waals surface area (Å²) in [5, 5.41) is 0. The summed E-state index contributed by atoms with van der Waals surface area (Å²) in [6.45, 7) is 3.71. The van der Waals surface area contributed by atoms with Crippen molar-refractivity contribution in [3.8, 4) is 5.88 Å². The van der Waals surface area contributed by atoms with Crippen LogP contribution in [0.25, 0.3) is 0 Å². The minimum absolute atomic E-state index is 0.476. The molecule has 0 spiro atoms. The second-order valence-corrected chi connectivity index (χ2v) is 3.43. The second kappa shape index (κ2) is 3.56. The van der Waals surface area contributed by atoms with Crippen molar-refractivity contribution >= 4 is 6.29 Å². The largest absolute Gasteiger partial charge is 0.481 e. The predicted molar refractivity (Wildman–Crippen MR) is 49.9 cm³/mol. The first-order valence-corrected chi connectivity index (χ1v) is 4.07. The summed E-state index contributed by atoms with van der Waals surface area (Å²) in [6.07, 6.45) is 2.56. The van der Waals surface area contributed by atoms with Crippen molar-refractivity contribution in [1.82, 2.24) is 4.98 Å². The number of aromatic nitrogens is 1. The molecule has 0 aliphatic heterocycles. The lowest BCUT2D eigenvalue weighted by molar-refractivity contribution is -0.111. The molecular weight excluding hydrogens is 166 g/mol. The van der Waals surface area contributed by atoms with Crippen LogP contribution in [-0.2, 0) is 10.2 Å². The lowest BCUT2D eigenvalue weighted by Gasteiger charge is -2.17. The zero-order chi connectivity index (χ0) is 9.90. The molecule has 0 bridgehead atoms. The Bertz CT molecular complexity index is 308. The average Bonchev–Trinajstić information content (AvgIpc) is 2.18. The molecule has 13 heavy (non-hydrogen) atoms. The number of ether oxygens (including phenoxy) is 1. The van der Waals surface area contributed by atoms with Gasteiger partial charge in [0, 0.05) is 17.7 Å². The van der Waals surface area contributed by atoms with Crippen molar-refractivity contribution in [1.29, 1.82) is 0 Å². The van der Waals surface area contributed by atoms with E-state index in [0.717, 1.165) is 11.8 Å². The standard InChI is InChI=1S/C10H13NO2/c1-10(2,7-12)8-4-5-11-9(6-8)13-3/h4-7H,1-3H3. The molecule has 0 fully saturated rings. The number of hydrogen-bond acceptors (Lipinski definition) is 3. The van der Waals surface area contributed by atoms with Gasteiger partial charge in [-0.1, -0.05) is 0 Å². The van der Waals surface area contributed by atoms with Crippen LogP contribution < -0.4 is 4.74 Å². The molecular formula is C10H13NO2. The Labute approximate surface area is 77.8 Å². The molecule has 0 aromatic carbocycles. The van der Waals surface area contributed by atoms with Crippen LogP contribution in [0.5, 0.6) is 5.88 Å². The molecule has 1 aromatic rings. The molecule has 1 rings (SSSR count). The lowest BCUT2D eigenvalue weighted by atomic mass is 9.87. The third-order valence-corrected chi connectivity index (χ3v) is 1.98. The van der Waals surface area contributed by atoms with Gasteiger partial charge < -0.3 is 9.53 Å². The van der Waals surface area contributed by atoms with E-state index in [1.165, 1.54) is 0 Å². The maximum absolute atomic E-state index is 10.8. The van der Waals surface area contributed by atoms with Crippen LogP contribution in [0.4, 0.5) is 0 Å². The van der Waals surface area contributed by atoms with Gasteiger partial charge >= 0.3 is 0 Å². The third-order valence-electron chi connectivity index (χ3n) is 1.98. The molecule has 3 nitrogen and oxygen atoms in total. The minimum atomic E-state index is -0.476. The van der Waals surface area contributed by atoms with Crippen molar-refractivity contribution in [2.75, 3.05) is 7.11 Å². The summed E-state index contributed by atoms with van der Waals surface area (Å²) in [4.78, 5) is 14.7. The first kappa shape index (κ1) is 9.71. The monoisotopic (exact) mass is 179 g/mol. The highest BCUT2D eigenvalue weighted by Gasteiger charge is 2.19. The first-order chi connectivity index (χ1) is 6.10. The Hall–Kier alpha value is -1.38. The highest BCUT2D eigenvalue weighted by Crippen LogP contribution is 2.22. The molecule has 0 radical (unpaired) electrons. The number of carbonyl (C=O) groups excluding carboxylic acids is 1. The zero-order valence-corrected chi connectivity index (χ0v) is 8.07. The van der Waals surface area contributed by atoms with Crippen molar-refractivity contribution in [3.63, 3.8) is 0 Å². The van der Waals surface area contributed by atoms with Gasteiger partial charge in [-0.25, -0.2) is 4.98 Å². The maximum Gasteiger partial charge on any atom is 0.213 e. The summed E-state index contributed by atoms with van der Waals surface area (Å²) >= 11 is 0. The van der Waals surface area contributed by atoms with Crippen molar-refractivity contribution in [2.24, 2.45) is 0 Å². The number of rotatable bonds is 3. The van der Waals surface area contributed by atoms with E-state index in [0.29, 0.717) is 5.88 Å². The molecule has 1 aromatic heterocycles. The molecule has 1 heterocycles. The molecule has 3 heteroatoms. The Morgan fingerprint density at radius 3 is 2.77 bits per heavy atom. The number of pyridine rings is 1. The van der Waals surface area contributed by atoms with Crippen LogP contribution in [-0.4, -0.2) is 18.4 Å². The van der Waals surface area contributed by atoms with Crippen LogP contribution in [0.2, 0.25) is 0 Å². The number of carbonyl (C=O) groups is 1. The van der Waals surface area contributed by atoms with E-state index in [1.54, 1.807) is 19.4 Å². The quantitative estimate of drug-likeness (QED) is 0.661. The van der Waals surface area contributed by atoms with E-state index in [1.807, 2.05) is 19.9 Å². The average molecular weight is 179 g/mol. The van der Waals surface area contributed by atoms with Gasteiger partial charge in [-0.3, -0.25) is 0 Å². The van der Waals surface area contributed by atoms with E-state index in [4.69, 9.17) is 4.74 Å². The fourth-order valence-electron chi connectivity index (χ4n) is 0.990. The summed E-state index contributed by atoms with van der Waals surface area (Å²) in [5.74, 6) is 0.535. The number of hydrogen-bond donors (Lipinski definition) is 0. The molecule has 70 valence electrons. The SMILES string of the molecule is COc1cc(C(C)(C)C=O)ccn1. The number of methoxy groups -OCH3 is 1. The fourth-order valence-corrected chi connectivity index (χ4v) is 0.990. The molecule has 0 atom stereocenters. The van der Waals surface area contributed by atoms with Crippen LogP contribution >= 0.6 is 0 Å². The van der Waals surface area contributed by atoms with Gasteiger partial charge in [0.05, 0.1) is 7.11 Å². The molecule has 0 aliphatic carbocycles. The summed E-state index contributed by atoms with van der Waals surface area (Å²) in [7, 11) is 1.56. The van der Waals surface area contributed by atoms with Gasteiger partial charge in [-0.15, -0.1) is 0 Å². The summed E-state index contributed by atoms with van der Waals surface area (Å²) in [5.41, 5.74) is 0.435. The normalized spacial score (nSPS) is 11.0. The first-order valence-electron chi connectivity index (χ1n) is 4.07. The molecule has 0 amide bonds. The molecule has 0 saturated carbocycles. The topological polar surface area (TPSA) is 39.2 Å². The highest BCUT2D eigenvalue weighted by atomic mass is 16.5. The van der Waals surface area contributed by atoms with Crippen LogP contribution in [0, 0.1) is 0 Å². The van der Waals surface area contributed by atoms with E-state index in [2.05, 4.69) is 4.98 Å². The van der Waals surface area contributed by atoms with E-state index in [9.17, 15) is 4.79 Å². The molecule has 0 unspecified atom stereocenters. The van der Waals surface area contributed by atoms with Gasteiger partial charge in [-0.05, 0) is 25.5 Å². The predicted octanol–water partition coefficient (Wildman–Crippen LogP) is 1.57. The smallest absolute Gasteiger partial charge is 0.213 e. The molecule has 0 aliphatic rings. The Kier molecular flexibility index (Phi) is 2.66. The highest BCUT2D eigenvalue weighted by molar-refractivity contribution is 5.67. The third kappa shape index (κ3) is 2.05. The van der Waals surface area contributed by atoms with E-state index in [-0.39, 0.29) is 0 Å².